The fourth-order valence-electron chi connectivity index (χ4n) is 6.92. The van der Waals surface area contributed by atoms with Gasteiger partial charge in [-0.2, -0.15) is 0 Å². The average molecular weight is 841 g/mol. The number of Topliss-reactive ketones (excluding diaryl/α,β-unsaturated/α-hetero) is 1. The van der Waals surface area contributed by atoms with Crippen molar-refractivity contribution in [2.24, 2.45) is 0 Å². The molecule has 3 aromatic rings. The smallest absolute Gasteiger partial charge is 0.306 e. The molecule has 1 saturated carbocycles. The summed E-state index contributed by atoms with van der Waals surface area (Å²) in [6, 6.07) is 26.9. The van der Waals surface area contributed by atoms with Gasteiger partial charge >= 0.3 is 5.97 Å². The SMILES string of the molecule is CCC/C=C/[C@H](O)CC(=O)N[C@H](CCC(=O)OC(C)(C)C)C(=O)N[C@H](CSC(c1ccccc1)(c1ccccc1)c1ccccc1)C(=O)NC1(C(=O)NCC(C)=O)CCC1. The lowest BCUT2D eigenvalue weighted by atomic mass is 9.75. The first-order chi connectivity index (χ1) is 28.6. The van der Waals surface area contributed by atoms with Gasteiger partial charge < -0.3 is 31.1 Å². The van der Waals surface area contributed by atoms with Gasteiger partial charge in [-0.25, -0.2) is 0 Å². The monoisotopic (exact) mass is 840 g/mol. The van der Waals surface area contributed by atoms with E-state index in [0.717, 1.165) is 29.5 Å². The highest BCUT2D eigenvalue weighted by molar-refractivity contribution is 8.00. The molecule has 1 aliphatic rings. The number of carbonyl (C=O) groups is 6. The second-order valence-corrected chi connectivity index (χ2v) is 17.4. The van der Waals surface area contributed by atoms with E-state index in [1.165, 1.54) is 24.8 Å². The molecule has 3 aromatic carbocycles. The molecule has 5 N–H and O–H groups in total. The van der Waals surface area contributed by atoms with Gasteiger partial charge in [0.1, 0.15) is 29.0 Å². The summed E-state index contributed by atoms with van der Waals surface area (Å²) in [4.78, 5) is 80.4. The maximum atomic E-state index is 14.6. The van der Waals surface area contributed by atoms with Crippen LogP contribution in [0, 0.1) is 0 Å². The van der Waals surface area contributed by atoms with Crippen molar-refractivity contribution < 1.29 is 38.6 Å². The molecule has 0 saturated heterocycles. The van der Waals surface area contributed by atoms with Gasteiger partial charge in [-0.1, -0.05) is 116 Å². The molecule has 0 bridgehead atoms. The van der Waals surface area contributed by atoms with Crippen LogP contribution in [-0.4, -0.2) is 82.1 Å². The zero-order valence-electron chi connectivity index (χ0n) is 35.3. The molecule has 322 valence electrons. The fraction of sp³-hybridized carbons (Fsp3) is 0.447. The summed E-state index contributed by atoms with van der Waals surface area (Å²) in [5.74, 6) is -3.32. The molecule has 4 rings (SSSR count). The molecule has 1 aliphatic carbocycles. The maximum Gasteiger partial charge on any atom is 0.306 e. The molecule has 13 heteroatoms. The summed E-state index contributed by atoms with van der Waals surface area (Å²) in [6.45, 7) is 8.32. The van der Waals surface area contributed by atoms with Crippen molar-refractivity contribution in [1.82, 2.24) is 21.3 Å². The van der Waals surface area contributed by atoms with E-state index in [0.29, 0.717) is 19.3 Å². The minimum atomic E-state index is -1.30. The van der Waals surface area contributed by atoms with Crippen molar-refractivity contribution in [3.63, 3.8) is 0 Å². The van der Waals surface area contributed by atoms with Crippen LogP contribution in [0.3, 0.4) is 0 Å². The zero-order chi connectivity index (χ0) is 43.8. The Balaban J connectivity index is 1.73. The number of ether oxygens (including phenoxy) is 1. The average Bonchev–Trinajstić information content (AvgIpc) is 3.20. The first kappa shape index (κ1) is 47.4. The number of carbonyl (C=O) groups excluding carboxylic acids is 6. The number of rotatable bonds is 22. The predicted molar refractivity (Wildman–Crippen MR) is 234 cm³/mol. The van der Waals surface area contributed by atoms with E-state index < -0.39 is 63.7 Å². The number of hydrogen-bond donors (Lipinski definition) is 5. The molecule has 4 amide bonds. The van der Waals surface area contributed by atoms with E-state index in [4.69, 9.17) is 4.74 Å². The van der Waals surface area contributed by atoms with E-state index >= 15 is 0 Å². The van der Waals surface area contributed by atoms with E-state index in [1.54, 1.807) is 26.8 Å². The number of benzene rings is 3. The highest BCUT2D eigenvalue weighted by Gasteiger charge is 2.47. The number of aliphatic hydroxyl groups excluding tert-OH is 1. The Morgan fingerprint density at radius 2 is 1.37 bits per heavy atom. The third-order valence-corrected chi connectivity index (χ3v) is 11.7. The van der Waals surface area contributed by atoms with Crippen molar-refractivity contribution in [2.45, 2.75) is 120 Å². The largest absolute Gasteiger partial charge is 0.460 e. The van der Waals surface area contributed by atoms with Crippen LogP contribution in [0.4, 0.5) is 0 Å². The predicted octanol–water partition coefficient (Wildman–Crippen LogP) is 5.65. The Labute approximate surface area is 358 Å². The number of amides is 4. The second kappa shape index (κ2) is 22.4. The van der Waals surface area contributed by atoms with Crippen molar-refractivity contribution in [1.29, 1.82) is 0 Å². The molecular weight excluding hydrogens is 781 g/mol. The second-order valence-electron chi connectivity index (χ2n) is 16.2. The van der Waals surface area contributed by atoms with Gasteiger partial charge in [-0.3, -0.25) is 28.8 Å². The number of esters is 1. The molecule has 0 radical (unpaired) electrons. The van der Waals surface area contributed by atoms with Crippen LogP contribution in [0.15, 0.2) is 103 Å². The number of nitrogens with one attached hydrogen (secondary N) is 4. The molecule has 0 aromatic heterocycles. The Morgan fingerprint density at radius 1 is 0.817 bits per heavy atom. The Kier molecular flexibility index (Phi) is 17.7. The summed E-state index contributed by atoms with van der Waals surface area (Å²) in [5.41, 5.74) is 0.689. The number of ketones is 1. The maximum absolute atomic E-state index is 14.6. The van der Waals surface area contributed by atoms with Gasteiger partial charge in [0.2, 0.25) is 23.6 Å². The minimum absolute atomic E-state index is 0.00489. The minimum Gasteiger partial charge on any atom is -0.460 e. The van der Waals surface area contributed by atoms with Gasteiger partial charge in [0.05, 0.1) is 23.8 Å². The first-order valence-electron chi connectivity index (χ1n) is 20.6. The molecule has 0 aliphatic heterocycles. The standard InChI is InChI=1S/C47H60N4O8S/c1-6-7-11-25-37(53)30-40(54)49-38(26-27-41(55)59-45(3,4)5)42(56)50-39(43(57)51-46(28-18-29-46)44(58)48-31-33(2)52)32-60-47(34-19-12-8-13-20-34,35-21-14-9-15-22-35)36-23-16-10-17-24-36/h8-17,19-25,37-39,53H,6-7,18,26-32H2,1-5H3,(H,48,58)(H,49,54)(H,50,56)(H,51,57)/b25-11+/t37-,38+,39+/m0/s1. The highest BCUT2D eigenvalue weighted by Crippen LogP contribution is 2.48. The van der Waals surface area contributed by atoms with Crippen LogP contribution < -0.4 is 21.3 Å². The zero-order valence-corrected chi connectivity index (χ0v) is 36.1. The van der Waals surface area contributed by atoms with Gasteiger partial charge in [0.25, 0.3) is 0 Å². The number of thioether (sulfide) groups is 1. The summed E-state index contributed by atoms with van der Waals surface area (Å²) in [5, 5.41) is 21.6. The Morgan fingerprint density at radius 3 is 1.83 bits per heavy atom. The summed E-state index contributed by atoms with van der Waals surface area (Å²) in [7, 11) is 0. The van der Waals surface area contributed by atoms with Crippen molar-refractivity contribution in [2.75, 3.05) is 12.3 Å². The molecule has 12 nitrogen and oxygen atoms in total. The van der Waals surface area contributed by atoms with Gasteiger partial charge in [0, 0.05) is 12.2 Å². The van der Waals surface area contributed by atoms with E-state index in [2.05, 4.69) is 21.3 Å². The van der Waals surface area contributed by atoms with Gasteiger partial charge in [-0.15, -0.1) is 11.8 Å². The molecule has 1 fully saturated rings. The van der Waals surface area contributed by atoms with E-state index in [-0.39, 0.29) is 37.3 Å². The van der Waals surface area contributed by atoms with Gasteiger partial charge in [-0.05, 0) is 76.5 Å². The summed E-state index contributed by atoms with van der Waals surface area (Å²) < 4.78 is 4.60. The van der Waals surface area contributed by atoms with Crippen molar-refractivity contribution in [3.05, 3.63) is 120 Å². The number of allylic oxidation sites excluding steroid dienone is 1. The van der Waals surface area contributed by atoms with Crippen LogP contribution in [-0.2, 0) is 38.3 Å². The Hall–Kier alpha value is -5.27. The lowest BCUT2D eigenvalue weighted by Gasteiger charge is -2.42. The van der Waals surface area contributed by atoms with Gasteiger partial charge in [0.15, 0.2) is 0 Å². The molecule has 0 heterocycles. The van der Waals surface area contributed by atoms with Crippen LogP contribution >= 0.6 is 11.8 Å². The molecule has 60 heavy (non-hydrogen) atoms. The molecule has 3 atom stereocenters. The van der Waals surface area contributed by atoms with Crippen LogP contribution in [0.1, 0.15) is 103 Å². The van der Waals surface area contributed by atoms with Crippen LogP contribution in [0.25, 0.3) is 0 Å². The van der Waals surface area contributed by atoms with Crippen LogP contribution in [0.5, 0.6) is 0 Å². The first-order valence-corrected chi connectivity index (χ1v) is 21.6. The lowest BCUT2D eigenvalue weighted by Crippen LogP contribution is -2.66. The molecular formula is C47H60N4O8S. The topological polar surface area (TPSA) is 180 Å². The number of hydrogen-bond acceptors (Lipinski definition) is 9. The fourth-order valence-corrected chi connectivity index (χ4v) is 8.48. The normalized spacial score (nSPS) is 15.1. The quantitative estimate of drug-likeness (QED) is 0.0486. The van der Waals surface area contributed by atoms with E-state index in [9.17, 15) is 33.9 Å². The summed E-state index contributed by atoms with van der Waals surface area (Å²) in [6.07, 6.45) is 4.41. The Bertz CT molecular complexity index is 1830. The molecule has 0 spiro atoms. The highest BCUT2D eigenvalue weighted by atomic mass is 32.2. The third kappa shape index (κ3) is 13.6. The number of unbranched alkanes of at least 4 members (excludes halogenated alkanes) is 1. The number of aliphatic hydroxyl groups is 1. The van der Waals surface area contributed by atoms with Crippen molar-refractivity contribution in [3.8, 4) is 0 Å². The summed E-state index contributed by atoms with van der Waals surface area (Å²) >= 11 is 1.43. The third-order valence-electron chi connectivity index (χ3n) is 10.1. The lowest BCUT2D eigenvalue weighted by molar-refractivity contribution is -0.155. The van der Waals surface area contributed by atoms with E-state index in [1.807, 2.05) is 97.9 Å². The molecule has 0 unspecified atom stereocenters. The van der Waals surface area contributed by atoms with Crippen LogP contribution in [0.2, 0.25) is 0 Å². The van der Waals surface area contributed by atoms with Crippen molar-refractivity contribution >= 4 is 47.1 Å².